The first-order chi connectivity index (χ1) is 18.4. The lowest BCUT2D eigenvalue weighted by Crippen LogP contribution is -2.27. The quantitative estimate of drug-likeness (QED) is 0.149. The summed E-state index contributed by atoms with van der Waals surface area (Å²) in [7, 11) is 0. The molecule has 38 heavy (non-hydrogen) atoms. The molecule has 202 valence electrons. The molecule has 0 bridgehead atoms. The van der Waals surface area contributed by atoms with Gasteiger partial charge in [0.25, 0.3) is 0 Å². The highest BCUT2D eigenvalue weighted by molar-refractivity contribution is 5.71. The van der Waals surface area contributed by atoms with E-state index in [1.807, 2.05) is 19.1 Å². The van der Waals surface area contributed by atoms with Gasteiger partial charge in [0.1, 0.15) is 0 Å². The van der Waals surface area contributed by atoms with Crippen molar-refractivity contribution in [3.63, 3.8) is 0 Å². The van der Waals surface area contributed by atoms with Crippen LogP contribution in [0.4, 0.5) is 17.6 Å². The molecule has 0 N–H and O–H groups in total. The van der Waals surface area contributed by atoms with Gasteiger partial charge in [0.15, 0.2) is 29.6 Å². The molecule has 0 spiro atoms. The van der Waals surface area contributed by atoms with E-state index in [1.54, 1.807) is 30.3 Å². The van der Waals surface area contributed by atoms with Crippen LogP contribution in [0.2, 0.25) is 0 Å². The van der Waals surface area contributed by atoms with E-state index in [1.165, 1.54) is 18.2 Å². The van der Waals surface area contributed by atoms with E-state index in [-0.39, 0.29) is 28.2 Å². The smallest absolute Gasteiger partial charge is 0.186 e. The first-order valence-corrected chi connectivity index (χ1v) is 13.4. The largest absolute Gasteiger partial charge is 0.348 e. The number of unbranched alkanes of at least 4 members (excludes halogenated alkanes) is 2. The Morgan fingerprint density at radius 2 is 1.32 bits per heavy atom. The molecule has 2 nitrogen and oxygen atoms in total. The van der Waals surface area contributed by atoms with Crippen LogP contribution in [0, 0.1) is 29.2 Å². The van der Waals surface area contributed by atoms with E-state index in [2.05, 4.69) is 6.92 Å². The molecule has 6 heteroatoms. The maximum absolute atomic E-state index is 15.1. The summed E-state index contributed by atoms with van der Waals surface area (Å²) < 4.78 is 70.9. The fourth-order valence-corrected chi connectivity index (χ4v) is 4.72. The summed E-state index contributed by atoms with van der Waals surface area (Å²) >= 11 is 0. The van der Waals surface area contributed by atoms with Gasteiger partial charge in [0.05, 0.1) is 13.2 Å². The van der Waals surface area contributed by atoms with Crippen LogP contribution >= 0.6 is 0 Å². The third-order valence-corrected chi connectivity index (χ3v) is 6.96. The molecule has 1 aliphatic heterocycles. The second-order valence-electron chi connectivity index (χ2n) is 9.75. The molecule has 0 saturated carbocycles. The molecule has 0 aromatic heterocycles. The summed E-state index contributed by atoms with van der Waals surface area (Å²) in [6.45, 7) is 5.02. The fourth-order valence-electron chi connectivity index (χ4n) is 4.72. The van der Waals surface area contributed by atoms with Crippen LogP contribution in [-0.2, 0) is 15.9 Å². The molecule has 4 rings (SSSR count). The van der Waals surface area contributed by atoms with Crippen LogP contribution in [-0.4, -0.2) is 13.2 Å². The number of hydrogen-bond acceptors (Lipinski definition) is 2. The Kier molecular flexibility index (Phi) is 9.75. The second kappa shape index (κ2) is 13.2. The Morgan fingerprint density at radius 3 is 1.92 bits per heavy atom. The monoisotopic (exact) mass is 526 g/mol. The second-order valence-corrected chi connectivity index (χ2v) is 9.75. The van der Waals surface area contributed by atoms with Crippen molar-refractivity contribution in [1.82, 2.24) is 0 Å². The van der Waals surface area contributed by atoms with Crippen molar-refractivity contribution in [2.75, 3.05) is 13.2 Å². The first-order valence-electron chi connectivity index (χ1n) is 13.4. The van der Waals surface area contributed by atoms with Crippen molar-refractivity contribution in [3.05, 3.63) is 95.1 Å². The maximum Gasteiger partial charge on any atom is 0.186 e. The third kappa shape index (κ3) is 6.36. The Morgan fingerprint density at radius 1 is 0.711 bits per heavy atom. The van der Waals surface area contributed by atoms with Gasteiger partial charge in [-0.2, -0.15) is 0 Å². The summed E-state index contributed by atoms with van der Waals surface area (Å²) in [6.07, 6.45) is 8.27. The lowest BCUT2D eigenvalue weighted by atomic mass is 9.97. The lowest BCUT2D eigenvalue weighted by Gasteiger charge is -2.30. The Balaban J connectivity index is 1.48. The van der Waals surface area contributed by atoms with Crippen molar-refractivity contribution in [3.8, 4) is 22.3 Å². The average molecular weight is 527 g/mol. The van der Waals surface area contributed by atoms with Gasteiger partial charge in [-0.15, -0.1) is 0 Å². The average Bonchev–Trinajstić information content (AvgIpc) is 2.94. The highest BCUT2D eigenvalue weighted by Gasteiger charge is 2.28. The van der Waals surface area contributed by atoms with Crippen LogP contribution in [0.15, 0.2) is 60.7 Å². The van der Waals surface area contributed by atoms with Gasteiger partial charge in [0.2, 0.25) is 0 Å². The minimum atomic E-state index is -1.01. The standard InChI is InChI=1S/C32H34F4O2/c1-3-5-7-9-21-19-37-32(38-20-21)27-18-17-26(30(35)31(27)36)23-13-11-22(12-14-23)25-16-15-24(10-8-6-4-2)28(33)29(25)34/h6,8,11-18,21,32H,3-5,7,9-10,19-20H2,1-2H3/b8-6-. The Hall–Kier alpha value is -2.96. The molecule has 0 amide bonds. The number of hydrogen-bond donors (Lipinski definition) is 0. The van der Waals surface area contributed by atoms with Crippen molar-refractivity contribution >= 4 is 0 Å². The molecule has 1 fully saturated rings. The molecule has 3 aromatic rings. The molecule has 0 aliphatic carbocycles. The van der Waals surface area contributed by atoms with Gasteiger partial charge in [-0.25, -0.2) is 17.6 Å². The molecule has 0 atom stereocenters. The zero-order chi connectivity index (χ0) is 27.1. The van der Waals surface area contributed by atoms with Gasteiger partial charge < -0.3 is 9.47 Å². The first kappa shape index (κ1) is 28.1. The van der Waals surface area contributed by atoms with E-state index in [9.17, 15) is 8.78 Å². The Labute approximate surface area is 222 Å². The zero-order valence-corrected chi connectivity index (χ0v) is 21.9. The topological polar surface area (TPSA) is 18.5 Å². The summed E-state index contributed by atoms with van der Waals surface area (Å²) in [4.78, 5) is 0. The minimum Gasteiger partial charge on any atom is -0.348 e. The highest BCUT2D eigenvalue weighted by atomic mass is 19.2. The van der Waals surface area contributed by atoms with Crippen LogP contribution in [0.3, 0.4) is 0 Å². The lowest BCUT2D eigenvalue weighted by molar-refractivity contribution is -0.207. The molecular weight excluding hydrogens is 492 g/mol. The number of rotatable bonds is 10. The van der Waals surface area contributed by atoms with Crippen molar-refractivity contribution in [2.45, 2.75) is 58.7 Å². The maximum atomic E-state index is 15.1. The van der Waals surface area contributed by atoms with Gasteiger partial charge in [-0.05, 0) is 36.0 Å². The van der Waals surface area contributed by atoms with Crippen LogP contribution in [0.1, 0.15) is 63.4 Å². The van der Waals surface area contributed by atoms with E-state index < -0.39 is 29.6 Å². The number of benzene rings is 3. The van der Waals surface area contributed by atoms with Crippen molar-refractivity contribution < 1.29 is 27.0 Å². The van der Waals surface area contributed by atoms with Crippen LogP contribution in [0.25, 0.3) is 22.3 Å². The van der Waals surface area contributed by atoms with Gasteiger partial charge >= 0.3 is 0 Å². The third-order valence-electron chi connectivity index (χ3n) is 6.96. The molecule has 0 radical (unpaired) electrons. The molecular formula is C32H34F4O2. The SMILES string of the molecule is CC/C=C\Cc1ccc(-c2ccc(-c3ccc(C4OCC(CCCCC)CO4)c(F)c3F)cc2)c(F)c1F. The summed E-state index contributed by atoms with van der Waals surface area (Å²) in [5, 5.41) is 0. The minimum absolute atomic E-state index is 0.0290. The van der Waals surface area contributed by atoms with Crippen molar-refractivity contribution in [1.29, 1.82) is 0 Å². The highest BCUT2D eigenvalue weighted by Crippen LogP contribution is 2.35. The number of allylic oxidation sites excluding steroid dienone is 2. The van der Waals surface area contributed by atoms with E-state index in [0.717, 1.165) is 32.1 Å². The molecule has 1 heterocycles. The van der Waals surface area contributed by atoms with E-state index in [4.69, 9.17) is 9.47 Å². The molecule has 1 saturated heterocycles. The number of ether oxygens (including phenoxy) is 2. The van der Waals surface area contributed by atoms with Gasteiger partial charge in [-0.3, -0.25) is 0 Å². The predicted octanol–water partition coefficient (Wildman–Crippen LogP) is 9.33. The summed E-state index contributed by atoms with van der Waals surface area (Å²) in [5.41, 5.74) is 1.34. The van der Waals surface area contributed by atoms with E-state index in [0.29, 0.717) is 30.8 Å². The van der Waals surface area contributed by atoms with Crippen molar-refractivity contribution in [2.24, 2.45) is 5.92 Å². The van der Waals surface area contributed by atoms with Crippen LogP contribution < -0.4 is 0 Å². The van der Waals surface area contributed by atoms with Gasteiger partial charge in [0, 0.05) is 22.6 Å². The Bertz CT molecular complexity index is 1250. The summed E-state index contributed by atoms with van der Waals surface area (Å²) in [5.74, 6) is -3.57. The molecule has 3 aromatic carbocycles. The van der Waals surface area contributed by atoms with Gasteiger partial charge in [-0.1, -0.05) is 93.8 Å². The number of halogens is 4. The van der Waals surface area contributed by atoms with E-state index >= 15 is 8.78 Å². The zero-order valence-electron chi connectivity index (χ0n) is 21.9. The molecule has 1 aliphatic rings. The normalized spacial score (nSPS) is 17.8. The van der Waals surface area contributed by atoms with Crippen LogP contribution in [0.5, 0.6) is 0 Å². The summed E-state index contributed by atoms with van der Waals surface area (Å²) in [6, 6.07) is 12.3. The fraction of sp³-hybridized carbons (Fsp3) is 0.375. The molecule has 0 unspecified atom stereocenters. The predicted molar refractivity (Wildman–Crippen MR) is 143 cm³/mol.